The highest BCUT2D eigenvalue weighted by Gasteiger charge is 2.16. The number of Topliss-reactive ketones (excluding diaryl/α,β-unsaturated/α-hetero) is 1. The highest BCUT2D eigenvalue weighted by Crippen LogP contribution is 2.34. The third kappa shape index (κ3) is 3.87. The van der Waals surface area contributed by atoms with E-state index < -0.39 is 5.63 Å². The van der Waals surface area contributed by atoms with Crippen LogP contribution >= 0.6 is 0 Å². The number of carbonyl (C=O) groups is 1. The topological polar surface area (TPSA) is 78.9 Å². The second kappa shape index (κ2) is 8.31. The molecule has 0 spiro atoms. The van der Waals surface area contributed by atoms with Gasteiger partial charge in [-0.15, -0.1) is 0 Å². The van der Waals surface area contributed by atoms with Crippen LogP contribution < -0.4 is 15.1 Å². The summed E-state index contributed by atoms with van der Waals surface area (Å²) in [5.41, 5.74) is 2.85. The molecular weight excluding hydrogens is 420 g/mol. The summed E-state index contributed by atoms with van der Waals surface area (Å²) in [4.78, 5) is 24.9. The minimum Gasteiger partial charge on any atom is -0.497 e. The van der Waals surface area contributed by atoms with E-state index in [4.69, 9.17) is 18.3 Å². The number of para-hydroxylation sites is 1. The Morgan fingerprint density at radius 2 is 1.73 bits per heavy atom. The van der Waals surface area contributed by atoms with Crippen LogP contribution in [0.25, 0.3) is 33.1 Å². The van der Waals surface area contributed by atoms with Crippen LogP contribution in [0, 0.1) is 6.92 Å². The summed E-state index contributed by atoms with van der Waals surface area (Å²) in [5, 5.41) is 1.63. The van der Waals surface area contributed by atoms with E-state index in [1.165, 1.54) is 6.07 Å². The van der Waals surface area contributed by atoms with Crippen LogP contribution in [0.15, 0.2) is 86.4 Å². The molecule has 0 bridgehead atoms. The van der Waals surface area contributed by atoms with Crippen molar-refractivity contribution < 1.29 is 23.1 Å². The van der Waals surface area contributed by atoms with Crippen LogP contribution in [0.1, 0.15) is 16.1 Å². The van der Waals surface area contributed by atoms with Crippen molar-refractivity contribution >= 4 is 27.7 Å². The van der Waals surface area contributed by atoms with E-state index in [-0.39, 0.29) is 18.2 Å². The van der Waals surface area contributed by atoms with E-state index in [9.17, 15) is 9.59 Å². The van der Waals surface area contributed by atoms with Crippen LogP contribution in [0.2, 0.25) is 0 Å². The normalized spacial score (nSPS) is 11.1. The van der Waals surface area contributed by atoms with Crippen molar-refractivity contribution in [2.24, 2.45) is 0 Å². The lowest BCUT2D eigenvalue weighted by molar-refractivity contribution is 0.0895. The fourth-order valence-corrected chi connectivity index (χ4v) is 3.84. The molecule has 5 aromatic rings. The number of carbonyl (C=O) groups excluding carboxylic acids is 1. The van der Waals surface area contributed by atoms with Crippen molar-refractivity contribution in [3.8, 4) is 22.6 Å². The van der Waals surface area contributed by atoms with Crippen LogP contribution in [-0.2, 0) is 0 Å². The fraction of sp³-hybridized carbons (Fsp3) is 0.111. The lowest BCUT2D eigenvalue weighted by Gasteiger charge is -2.12. The number of rotatable bonds is 6. The van der Waals surface area contributed by atoms with E-state index in [0.717, 1.165) is 27.6 Å². The Hall–Kier alpha value is -4.32. The first-order valence-corrected chi connectivity index (χ1v) is 10.4. The number of hydrogen-bond acceptors (Lipinski definition) is 6. The summed E-state index contributed by atoms with van der Waals surface area (Å²) in [6, 6.07) is 21.6. The maximum absolute atomic E-state index is 12.6. The van der Waals surface area contributed by atoms with Gasteiger partial charge in [0, 0.05) is 22.4 Å². The van der Waals surface area contributed by atoms with Gasteiger partial charge in [0.05, 0.1) is 7.11 Å². The van der Waals surface area contributed by atoms with Gasteiger partial charge in [-0.25, -0.2) is 4.79 Å². The molecular formula is C27H20O6. The zero-order valence-corrected chi connectivity index (χ0v) is 18.1. The van der Waals surface area contributed by atoms with E-state index in [1.54, 1.807) is 26.2 Å². The Balaban J connectivity index is 1.45. The highest BCUT2D eigenvalue weighted by atomic mass is 16.5. The van der Waals surface area contributed by atoms with Gasteiger partial charge in [-0.1, -0.05) is 30.3 Å². The molecule has 0 unspecified atom stereocenters. The molecule has 0 atom stereocenters. The average molecular weight is 440 g/mol. The quantitative estimate of drug-likeness (QED) is 0.246. The molecule has 2 heterocycles. The molecule has 0 aliphatic rings. The van der Waals surface area contributed by atoms with Crippen molar-refractivity contribution in [2.75, 3.05) is 13.7 Å². The van der Waals surface area contributed by atoms with Gasteiger partial charge in [-0.05, 0) is 54.4 Å². The average Bonchev–Trinajstić information content (AvgIpc) is 3.28. The van der Waals surface area contributed by atoms with Crippen molar-refractivity contribution in [3.63, 3.8) is 0 Å². The number of fused-ring (bicyclic) bond motifs is 2. The number of furan rings is 1. The molecule has 6 heteroatoms. The van der Waals surface area contributed by atoms with Gasteiger partial charge < -0.3 is 18.3 Å². The highest BCUT2D eigenvalue weighted by molar-refractivity contribution is 5.99. The molecule has 0 saturated heterocycles. The first-order chi connectivity index (χ1) is 16.0. The molecule has 0 radical (unpaired) electrons. The third-order valence-corrected chi connectivity index (χ3v) is 5.57. The van der Waals surface area contributed by atoms with E-state index in [0.29, 0.717) is 22.5 Å². The molecule has 5 rings (SSSR count). The minimum absolute atomic E-state index is 0.200. The number of benzene rings is 3. The molecule has 6 nitrogen and oxygen atoms in total. The molecule has 164 valence electrons. The maximum Gasteiger partial charge on any atom is 0.336 e. The molecule has 0 fully saturated rings. The van der Waals surface area contributed by atoms with Gasteiger partial charge in [0.2, 0.25) is 5.78 Å². The molecule has 33 heavy (non-hydrogen) atoms. The first-order valence-electron chi connectivity index (χ1n) is 10.4. The Labute approximate surface area is 189 Å². The summed E-state index contributed by atoms with van der Waals surface area (Å²) >= 11 is 0. The van der Waals surface area contributed by atoms with E-state index >= 15 is 0 Å². The van der Waals surface area contributed by atoms with Crippen molar-refractivity contribution in [1.29, 1.82) is 0 Å². The third-order valence-electron chi connectivity index (χ3n) is 5.57. The number of ketones is 1. The van der Waals surface area contributed by atoms with Gasteiger partial charge in [-0.3, -0.25) is 4.79 Å². The van der Waals surface area contributed by atoms with E-state index in [1.807, 2.05) is 54.6 Å². The molecule has 0 N–H and O–H groups in total. The second-order valence-electron chi connectivity index (χ2n) is 7.63. The molecule has 3 aromatic carbocycles. The lowest BCUT2D eigenvalue weighted by atomic mass is 10.00. The predicted octanol–water partition coefficient (Wildman–Crippen LogP) is 5.78. The fourth-order valence-electron chi connectivity index (χ4n) is 3.84. The molecule has 0 saturated carbocycles. The molecule has 2 aromatic heterocycles. The van der Waals surface area contributed by atoms with Crippen LogP contribution in [-0.4, -0.2) is 19.5 Å². The summed E-state index contributed by atoms with van der Waals surface area (Å²) in [6.07, 6.45) is 0. The summed E-state index contributed by atoms with van der Waals surface area (Å²) in [7, 11) is 1.60. The van der Waals surface area contributed by atoms with Crippen LogP contribution in [0.4, 0.5) is 0 Å². The number of hydrogen-bond donors (Lipinski definition) is 0. The standard InChI is InChI=1S/C27H20O6/c1-16-23(31-15-22(28)25-13-18-5-3-4-6-24(18)32-25)12-11-20-21(14-26(29)33-27(16)20)17-7-9-19(30-2)10-8-17/h3-14H,15H2,1-2H3. The van der Waals surface area contributed by atoms with Crippen LogP contribution in [0.3, 0.4) is 0 Å². The van der Waals surface area contributed by atoms with Gasteiger partial charge >= 0.3 is 5.63 Å². The molecule has 0 aliphatic heterocycles. The van der Waals surface area contributed by atoms with Gasteiger partial charge in [0.15, 0.2) is 12.4 Å². The summed E-state index contributed by atoms with van der Waals surface area (Å²) in [5.74, 6) is 1.15. The van der Waals surface area contributed by atoms with Gasteiger partial charge in [0.1, 0.15) is 22.7 Å². The summed E-state index contributed by atoms with van der Waals surface area (Å²) < 4.78 is 22.1. The largest absolute Gasteiger partial charge is 0.497 e. The second-order valence-corrected chi connectivity index (χ2v) is 7.63. The molecule has 0 aliphatic carbocycles. The van der Waals surface area contributed by atoms with Crippen molar-refractivity contribution in [3.05, 3.63) is 94.5 Å². The van der Waals surface area contributed by atoms with Crippen molar-refractivity contribution in [2.45, 2.75) is 6.92 Å². The van der Waals surface area contributed by atoms with Gasteiger partial charge in [-0.2, -0.15) is 0 Å². The van der Waals surface area contributed by atoms with Gasteiger partial charge in [0.25, 0.3) is 0 Å². The maximum atomic E-state index is 12.6. The Morgan fingerprint density at radius 3 is 2.48 bits per heavy atom. The van der Waals surface area contributed by atoms with E-state index in [2.05, 4.69) is 0 Å². The Kier molecular flexibility index (Phi) is 5.18. The zero-order chi connectivity index (χ0) is 22.9. The number of ether oxygens (including phenoxy) is 2. The smallest absolute Gasteiger partial charge is 0.336 e. The lowest BCUT2D eigenvalue weighted by Crippen LogP contribution is -2.11. The number of methoxy groups -OCH3 is 1. The van der Waals surface area contributed by atoms with Crippen molar-refractivity contribution in [1.82, 2.24) is 0 Å². The Bertz CT molecular complexity index is 1510. The minimum atomic E-state index is -0.466. The Morgan fingerprint density at radius 1 is 0.939 bits per heavy atom. The summed E-state index contributed by atoms with van der Waals surface area (Å²) in [6.45, 7) is 1.60. The zero-order valence-electron chi connectivity index (χ0n) is 18.1. The monoisotopic (exact) mass is 440 g/mol. The molecule has 0 amide bonds. The predicted molar refractivity (Wildman–Crippen MR) is 125 cm³/mol. The first kappa shape index (κ1) is 20.6. The number of aryl methyl sites for hydroxylation is 1. The SMILES string of the molecule is COc1ccc(-c2cc(=O)oc3c(C)c(OCC(=O)c4cc5ccccc5o4)ccc23)cc1. The van der Waals surface area contributed by atoms with Crippen LogP contribution in [0.5, 0.6) is 11.5 Å².